The molecule has 0 unspecified atom stereocenters. The topological polar surface area (TPSA) is 74.3 Å². The summed E-state index contributed by atoms with van der Waals surface area (Å²) in [5.74, 6) is 0.698. The highest BCUT2D eigenvalue weighted by atomic mass is 35.5. The van der Waals surface area contributed by atoms with Gasteiger partial charge in [0.2, 0.25) is 5.88 Å². The Hall–Kier alpha value is -2.12. The van der Waals surface area contributed by atoms with Gasteiger partial charge in [-0.3, -0.25) is 9.69 Å². The molecule has 1 saturated heterocycles. The van der Waals surface area contributed by atoms with Gasteiger partial charge in [0.25, 0.3) is 5.56 Å². The second kappa shape index (κ2) is 7.63. The Balaban J connectivity index is 1.63. The minimum absolute atomic E-state index is 0.198. The zero-order valence-electron chi connectivity index (χ0n) is 13.5. The van der Waals surface area contributed by atoms with Gasteiger partial charge in [-0.15, -0.1) is 0 Å². The van der Waals surface area contributed by atoms with Gasteiger partial charge in [-0.2, -0.15) is 5.10 Å². The van der Waals surface area contributed by atoms with E-state index in [1.807, 2.05) is 19.1 Å². The Morgan fingerprint density at radius 2 is 2.12 bits per heavy atom. The molecule has 0 spiro atoms. The molecule has 1 fully saturated rings. The lowest BCUT2D eigenvalue weighted by Gasteiger charge is -2.36. The maximum atomic E-state index is 11.6. The van der Waals surface area contributed by atoms with Gasteiger partial charge in [0.1, 0.15) is 5.02 Å². The van der Waals surface area contributed by atoms with Crippen LogP contribution in [-0.2, 0) is 6.54 Å². The summed E-state index contributed by atoms with van der Waals surface area (Å²) in [5.41, 5.74) is 1.42. The van der Waals surface area contributed by atoms with E-state index in [-0.39, 0.29) is 10.6 Å². The first-order chi connectivity index (χ1) is 11.7. The van der Waals surface area contributed by atoms with Gasteiger partial charge >= 0.3 is 0 Å². The standard InChI is InChI=1S/C16H20ClN5O2/c1-2-24-16-12(4-3-5-18-16)11-21-6-8-22(9-7-21)13-10-19-20-15(23)14(13)17/h3-5,10H,2,6-9,11H2,1H3,(H,20,23). The lowest BCUT2D eigenvalue weighted by Crippen LogP contribution is -2.46. The molecule has 0 aromatic carbocycles. The number of aromatic nitrogens is 3. The number of pyridine rings is 1. The largest absolute Gasteiger partial charge is 0.478 e. The van der Waals surface area contributed by atoms with Gasteiger partial charge in [-0.1, -0.05) is 17.7 Å². The fourth-order valence-electron chi connectivity index (χ4n) is 2.79. The van der Waals surface area contributed by atoms with Crippen molar-refractivity contribution in [1.29, 1.82) is 0 Å². The molecule has 2 aromatic heterocycles. The molecule has 3 rings (SSSR count). The highest BCUT2D eigenvalue weighted by Gasteiger charge is 2.21. The van der Waals surface area contributed by atoms with Crippen molar-refractivity contribution in [1.82, 2.24) is 20.1 Å². The van der Waals surface area contributed by atoms with Gasteiger partial charge < -0.3 is 9.64 Å². The Kier molecular flexibility index (Phi) is 5.32. The lowest BCUT2D eigenvalue weighted by molar-refractivity contribution is 0.241. The third-order valence-corrected chi connectivity index (χ3v) is 4.38. The number of hydrogen-bond acceptors (Lipinski definition) is 6. The molecule has 24 heavy (non-hydrogen) atoms. The van der Waals surface area contributed by atoms with Gasteiger partial charge in [-0.25, -0.2) is 10.1 Å². The number of nitrogens with zero attached hydrogens (tertiary/aromatic N) is 4. The summed E-state index contributed by atoms with van der Waals surface area (Å²) in [6.45, 7) is 6.65. The van der Waals surface area contributed by atoms with E-state index in [2.05, 4.69) is 25.0 Å². The Morgan fingerprint density at radius 3 is 2.88 bits per heavy atom. The molecule has 0 radical (unpaired) electrons. The van der Waals surface area contributed by atoms with Crippen molar-refractivity contribution in [3.05, 3.63) is 45.5 Å². The van der Waals surface area contributed by atoms with Crippen molar-refractivity contribution < 1.29 is 4.74 Å². The molecular formula is C16H20ClN5O2. The van der Waals surface area contributed by atoms with Crippen molar-refractivity contribution in [3.8, 4) is 5.88 Å². The molecule has 0 atom stereocenters. The quantitative estimate of drug-likeness (QED) is 0.882. The molecule has 0 amide bonds. The van der Waals surface area contributed by atoms with Crippen molar-refractivity contribution in [3.63, 3.8) is 0 Å². The normalized spacial score (nSPS) is 15.5. The van der Waals surface area contributed by atoms with Crippen LogP contribution in [-0.4, -0.2) is 52.9 Å². The highest BCUT2D eigenvalue weighted by molar-refractivity contribution is 6.32. The Bertz CT molecular complexity index is 743. The Labute approximate surface area is 145 Å². The fraction of sp³-hybridized carbons (Fsp3) is 0.438. The van der Waals surface area contributed by atoms with Crippen LogP contribution < -0.4 is 15.2 Å². The minimum atomic E-state index is -0.353. The number of hydrogen-bond donors (Lipinski definition) is 1. The maximum Gasteiger partial charge on any atom is 0.285 e. The summed E-state index contributed by atoms with van der Waals surface area (Å²) < 4.78 is 5.59. The van der Waals surface area contributed by atoms with Crippen LogP contribution in [0.4, 0.5) is 5.69 Å². The fourth-order valence-corrected chi connectivity index (χ4v) is 3.00. The Morgan fingerprint density at radius 1 is 1.33 bits per heavy atom. The first-order valence-corrected chi connectivity index (χ1v) is 8.34. The van der Waals surface area contributed by atoms with Crippen LogP contribution in [0, 0.1) is 0 Å². The second-order valence-electron chi connectivity index (χ2n) is 5.56. The van der Waals surface area contributed by atoms with Crippen LogP contribution in [0.15, 0.2) is 29.3 Å². The molecule has 1 aliphatic heterocycles. The number of anilines is 1. The van der Waals surface area contributed by atoms with Crippen LogP contribution in [0.3, 0.4) is 0 Å². The van der Waals surface area contributed by atoms with Gasteiger partial charge in [0.15, 0.2) is 0 Å². The van der Waals surface area contributed by atoms with E-state index in [1.165, 1.54) is 0 Å². The first kappa shape index (κ1) is 16.7. The summed E-state index contributed by atoms with van der Waals surface area (Å²) >= 11 is 6.08. The van der Waals surface area contributed by atoms with E-state index in [9.17, 15) is 4.79 Å². The second-order valence-corrected chi connectivity index (χ2v) is 5.94. The predicted molar refractivity (Wildman–Crippen MR) is 92.8 cm³/mol. The van der Waals surface area contributed by atoms with Crippen LogP contribution in [0.25, 0.3) is 0 Å². The molecule has 0 saturated carbocycles. The minimum Gasteiger partial charge on any atom is -0.478 e. The van der Waals surface area contributed by atoms with E-state index >= 15 is 0 Å². The molecule has 0 bridgehead atoms. The SMILES string of the molecule is CCOc1ncccc1CN1CCN(c2cn[nH]c(=O)c2Cl)CC1. The summed E-state index contributed by atoms with van der Waals surface area (Å²) in [6, 6.07) is 3.97. The van der Waals surface area contributed by atoms with Crippen molar-refractivity contribution in [2.45, 2.75) is 13.5 Å². The number of nitrogens with one attached hydrogen (secondary N) is 1. The van der Waals surface area contributed by atoms with Crippen LogP contribution >= 0.6 is 11.6 Å². The summed E-state index contributed by atoms with van der Waals surface area (Å²) in [5, 5.41) is 6.38. The summed E-state index contributed by atoms with van der Waals surface area (Å²) in [6.07, 6.45) is 3.35. The number of rotatable bonds is 5. The lowest BCUT2D eigenvalue weighted by atomic mass is 10.2. The van der Waals surface area contributed by atoms with E-state index < -0.39 is 0 Å². The highest BCUT2D eigenvalue weighted by Crippen LogP contribution is 2.23. The molecule has 1 N–H and O–H groups in total. The maximum absolute atomic E-state index is 11.6. The zero-order valence-corrected chi connectivity index (χ0v) is 14.3. The molecule has 2 aromatic rings. The van der Waals surface area contributed by atoms with Crippen LogP contribution in [0.2, 0.25) is 5.02 Å². The molecule has 1 aliphatic rings. The number of aromatic amines is 1. The summed E-state index contributed by atoms with van der Waals surface area (Å²) in [4.78, 5) is 20.3. The molecule has 128 valence electrons. The number of ether oxygens (including phenoxy) is 1. The molecular weight excluding hydrogens is 330 g/mol. The third-order valence-electron chi connectivity index (χ3n) is 4.02. The summed E-state index contributed by atoms with van der Waals surface area (Å²) in [7, 11) is 0. The van der Waals surface area contributed by atoms with Gasteiger partial charge in [0, 0.05) is 44.5 Å². The molecule has 3 heterocycles. The van der Waals surface area contributed by atoms with Gasteiger partial charge in [0.05, 0.1) is 18.5 Å². The van der Waals surface area contributed by atoms with E-state index in [1.54, 1.807) is 12.4 Å². The van der Waals surface area contributed by atoms with Crippen molar-refractivity contribution in [2.24, 2.45) is 0 Å². The van der Waals surface area contributed by atoms with E-state index in [0.29, 0.717) is 18.2 Å². The average molecular weight is 350 g/mol. The smallest absolute Gasteiger partial charge is 0.285 e. The van der Waals surface area contributed by atoms with Crippen molar-refractivity contribution >= 4 is 17.3 Å². The van der Waals surface area contributed by atoms with E-state index in [0.717, 1.165) is 38.3 Å². The zero-order chi connectivity index (χ0) is 16.9. The monoisotopic (exact) mass is 349 g/mol. The molecule has 0 aliphatic carbocycles. The van der Waals surface area contributed by atoms with Crippen LogP contribution in [0.1, 0.15) is 12.5 Å². The van der Waals surface area contributed by atoms with Crippen molar-refractivity contribution in [2.75, 3.05) is 37.7 Å². The average Bonchev–Trinajstić information content (AvgIpc) is 2.60. The number of piperazine rings is 1. The molecule has 7 nitrogen and oxygen atoms in total. The molecule has 8 heteroatoms. The number of halogens is 1. The van der Waals surface area contributed by atoms with E-state index in [4.69, 9.17) is 16.3 Å². The first-order valence-electron chi connectivity index (χ1n) is 7.96. The van der Waals surface area contributed by atoms with Crippen LogP contribution in [0.5, 0.6) is 5.88 Å². The predicted octanol–water partition coefficient (Wildman–Crippen LogP) is 1.54. The van der Waals surface area contributed by atoms with Gasteiger partial charge in [-0.05, 0) is 13.0 Å². The third kappa shape index (κ3) is 3.68. The number of H-pyrrole nitrogens is 1.